The summed E-state index contributed by atoms with van der Waals surface area (Å²) < 4.78 is 5.21. The summed E-state index contributed by atoms with van der Waals surface area (Å²) >= 11 is 0. The molecule has 0 bridgehead atoms. The van der Waals surface area contributed by atoms with E-state index in [0.29, 0.717) is 17.8 Å². The molecule has 1 aromatic rings. The van der Waals surface area contributed by atoms with Crippen molar-refractivity contribution in [3.63, 3.8) is 0 Å². The van der Waals surface area contributed by atoms with Crippen molar-refractivity contribution in [1.82, 2.24) is 4.90 Å². The first kappa shape index (κ1) is 15.2. The maximum absolute atomic E-state index is 9.70. The van der Waals surface area contributed by atoms with Crippen molar-refractivity contribution >= 4 is 0 Å². The Morgan fingerprint density at radius 2 is 2.10 bits per heavy atom. The fourth-order valence-corrected chi connectivity index (χ4v) is 3.28. The van der Waals surface area contributed by atoms with Gasteiger partial charge in [0.2, 0.25) is 0 Å². The maximum atomic E-state index is 9.70. The first-order valence-corrected chi connectivity index (χ1v) is 7.61. The molecule has 0 aromatic heterocycles. The first-order valence-electron chi connectivity index (χ1n) is 7.61. The third-order valence-corrected chi connectivity index (χ3v) is 4.78. The topological polar surface area (TPSA) is 32.7 Å². The Morgan fingerprint density at radius 3 is 2.75 bits per heavy atom. The molecular weight excluding hydrogens is 250 g/mol. The predicted molar refractivity (Wildman–Crippen MR) is 82.3 cm³/mol. The van der Waals surface area contributed by atoms with E-state index in [4.69, 9.17) is 4.74 Å². The number of phenols is 1. The van der Waals surface area contributed by atoms with E-state index < -0.39 is 0 Å². The quantitative estimate of drug-likeness (QED) is 0.903. The van der Waals surface area contributed by atoms with Crippen LogP contribution in [0.3, 0.4) is 0 Å². The molecule has 1 aliphatic rings. The highest BCUT2D eigenvalue weighted by Gasteiger charge is 2.26. The number of nitrogens with zero attached hydrogens (tertiary/aromatic N) is 1. The average Bonchev–Trinajstić information content (AvgIpc) is 2.46. The van der Waals surface area contributed by atoms with Crippen LogP contribution in [-0.4, -0.2) is 30.2 Å². The highest BCUT2D eigenvalue weighted by atomic mass is 16.5. The van der Waals surface area contributed by atoms with Crippen molar-refractivity contribution in [2.24, 2.45) is 5.92 Å². The largest absolute Gasteiger partial charge is 0.504 e. The second-order valence-corrected chi connectivity index (χ2v) is 6.20. The van der Waals surface area contributed by atoms with Crippen LogP contribution < -0.4 is 4.74 Å². The summed E-state index contributed by atoms with van der Waals surface area (Å²) in [6.45, 7) is 4.58. The average molecular weight is 277 g/mol. The Labute approximate surface area is 122 Å². The molecule has 0 spiro atoms. The molecule has 3 nitrogen and oxygen atoms in total. The van der Waals surface area contributed by atoms with Gasteiger partial charge in [-0.05, 0) is 50.4 Å². The lowest BCUT2D eigenvalue weighted by molar-refractivity contribution is 0.126. The molecule has 0 radical (unpaired) electrons. The molecular formula is C17H27NO2. The number of benzene rings is 1. The zero-order chi connectivity index (χ0) is 14.7. The molecule has 112 valence electrons. The van der Waals surface area contributed by atoms with Gasteiger partial charge in [-0.15, -0.1) is 0 Å². The van der Waals surface area contributed by atoms with Crippen molar-refractivity contribution in [2.75, 3.05) is 14.2 Å². The monoisotopic (exact) mass is 277 g/mol. The van der Waals surface area contributed by atoms with Gasteiger partial charge in [0.15, 0.2) is 11.5 Å². The highest BCUT2D eigenvalue weighted by Crippen LogP contribution is 2.34. The number of hydrogen-bond donors (Lipinski definition) is 1. The molecule has 1 N–H and O–H groups in total. The highest BCUT2D eigenvalue weighted by molar-refractivity contribution is 5.42. The molecule has 1 aromatic carbocycles. The normalized spacial score (nSPS) is 24.6. The van der Waals surface area contributed by atoms with E-state index in [2.05, 4.69) is 25.8 Å². The molecule has 1 aliphatic carbocycles. The summed E-state index contributed by atoms with van der Waals surface area (Å²) in [6, 6.07) is 6.66. The van der Waals surface area contributed by atoms with E-state index >= 15 is 0 Å². The molecule has 3 heteroatoms. The molecule has 0 amide bonds. The summed E-state index contributed by atoms with van der Waals surface area (Å²) in [6.07, 6.45) is 5.28. The van der Waals surface area contributed by atoms with Gasteiger partial charge < -0.3 is 9.84 Å². The second kappa shape index (κ2) is 6.49. The van der Waals surface area contributed by atoms with Gasteiger partial charge in [-0.25, -0.2) is 0 Å². The Morgan fingerprint density at radius 1 is 1.35 bits per heavy atom. The third-order valence-electron chi connectivity index (χ3n) is 4.78. The van der Waals surface area contributed by atoms with Gasteiger partial charge in [0, 0.05) is 12.1 Å². The summed E-state index contributed by atoms with van der Waals surface area (Å²) in [7, 11) is 3.81. The summed E-state index contributed by atoms with van der Waals surface area (Å²) in [5, 5.41) is 9.70. The number of aromatic hydroxyl groups is 1. The van der Waals surface area contributed by atoms with Crippen LogP contribution in [0.1, 0.15) is 51.1 Å². The smallest absolute Gasteiger partial charge is 0.160 e. The Kier molecular flexibility index (Phi) is 4.92. The van der Waals surface area contributed by atoms with Gasteiger partial charge in [-0.2, -0.15) is 0 Å². The minimum absolute atomic E-state index is 0.206. The number of ether oxygens (including phenoxy) is 1. The number of methoxy groups -OCH3 is 1. The van der Waals surface area contributed by atoms with E-state index in [1.165, 1.54) is 31.2 Å². The molecule has 3 unspecified atom stereocenters. The number of rotatable bonds is 4. The van der Waals surface area contributed by atoms with Crippen LogP contribution in [-0.2, 0) is 0 Å². The van der Waals surface area contributed by atoms with E-state index in [0.717, 1.165) is 5.92 Å². The molecule has 0 saturated heterocycles. The van der Waals surface area contributed by atoms with Crippen molar-refractivity contribution in [3.8, 4) is 11.5 Å². The molecule has 3 atom stereocenters. The fourth-order valence-electron chi connectivity index (χ4n) is 3.28. The third kappa shape index (κ3) is 3.26. The van der Waals surface area contributed by atoms with Crippen LogP contribution in [0.4, 0.5) is 0 Å². The van der Waals surface area contributed by atoms with Crippen LogP contribution in [0.25, 0.3) is 0 Å². The van der Waals surface area contributed by atoms with E-state index in [9.17, 15) is 5.11 Å². The summed E-state index contributed by atoms with van der Waals surface area (Å²) in [5.74, 6) is 1.59. The Hall–Kier alpha value is -1.22. The van der Waals surface area contributed by atoms with Crippen LogP contribution >= 0.6 is 0 Å². The predicted octanol–water partition coefficient (Wildman–Crippen LogP) is 3.97. The minimum atomic E-state index is 0.206. The lowest BCUT2D eigenvalue weighted by atomic mass is 9.85. The summed E-state index contributed by atoms with van der Waals surface area (Å²) in [5.41, 5.74) is 1.19. The Balaban J connectivity index is 2.11. The Bertz CT molecular complexity index is 447. The van der Waals surface area contributed by atoms with Crippen LogP contribution in [0, 0.1) is 5.92 Å². The SMILES string of the molecule is COc1cc(C(C)N(C)C2CCCC(C)C2)ccc1O. The lowest BCUT2D eigenvalue weighted by Gasteiger charge is -2.38. The van der Waals surface area contributed by atoms with Gasteiger partial charge in [0.05, 0.1) is 7.11 Å². The van der Waals surface area contributed by atoms with Crippen molar-refractivity contribution in [2.45, 2.75) is 51.6 Å². The van der Waals surface area contributed by atoms with Crippen LogP contribution in [0.15, 0.2) is 18.2 Å². The molecule has 0 heterocycles. The number of phenolic OH excluding ortho intramolecular Hbond substituents is 1. The molecule has 1 fully saturated rings. The molecule has 0 aliphatic heterocycles. The van der Waals surface area contributed by atoms with Gasteiger partial charge >= 0.3 is 0 Å². The van der Waals surface area contributed by atoms with Gasteiger partial charge in [0.1, 0.15) is 0 Å². The first-order chi connectivity index (χ1) is 9.52. The van der Waals surface area contributed by atoms with Crippen molar-refractivity contribution in [1.29, 1.82) is 0 Å². The zero-order valence-electron chi connectivity index (χ0n) is 13.1. The molecule has 20 heavy (non-hydrogen) atoms. The van der Waals surface area contributed by atoms with Crippen molar-refractivity contribution < 1.29 is 9.84 Å². The zero-order valence-corrected chi connectivity index (χ0v) is 13.1. The van der Waals surface area contributed by atoms with Gasteiger partial charge in [0.25, 0.3) is 0 Å². The maximum Gasteiger partial charge on any atom is 0.160 e. The minimum Gasteiger partial charge on any atom is -0.504 e. The second-order valence-electron chi connectivity index (χ2n) is 6.20. The van der Waals surface area contributed by atoms with Crippen molar-refractivity contribution in [3.05, 3.63) is 23.8 Å². The molecule has 1 saturated carbocycles. The number of hydrogen-bond acceptors (Lipinski definition) is 3. The van der Waals surface area contributed by atoms with Crippen LogP contribution in [0.5, 0.6) is 11.5 Å². The molecule has 2 rings (SSSR count). The standard InChI is InChI=1S/C17H27NO2/c1-12-6-5-7-15(10-12)18(3)13(2)14-8-9-16(19)17(11-14)20-4/h8-9,11-13,15,19H,5-7,10H2,1-4H3. The van der Waals surface area contributed by atoms with E-state index in [1.54, 1.807) is 13.2 Å². The lowest BCUT2D eigenvalue weighted by Crippen LogP contribution is -2.37. The van der Waals surface area contributed by atoms with E-state index in [-0.39, 0.29) is 5.75 Å². The fraction of sp³-hybridized carbons (Fsp3) is 0.647. The van der Waals surface area contributed by atoms with Crippen LogP contribution in [0.2, 0.25) is 0 Å². The van der Waals surface area contributed by atoms with Gasteiger partial charge in [-0.3, -0.25) is 4.90 Å². The summed E-state index contributed by atoms with van der Waals surface area (Å²) in [4.78, 5) is 2.47. The van der Waals surface area contributed by atoms with E-state index in [1.807, 2.05) is 12.1 Å². The van der Waals surface area contributed by atoms with Gasteiger partial charge in [-0.1, -0.05) is 25.8 Å².